The summed E-state index contributed by atoms with van der Waals surface area (Å²) in [5.74, 6) is -2.03. The van der Waals surface area contributed by atoms with Crippen LogP contribution >= 0.6 is 11.3 Å². The number of esters is 1. The van der Waals surface area contributed by atoms with Crippen LogP contribution in [0.2, 0.25) is 0 Å². The summed E-state index contributed by atoms with van der Waals surface area (Å²) < 4.78 is 9.73. The van der Waals surface area contributed by atoms with E-state index in [9.17, 15) is 14.4 Å². The summed E-state index contributed by atoms with van der Waals surface area (Å²) in [5.41, 5.74) is 1.53. The molecule has 3 aromatic rings. The number of ether oxygens (including phenoxy) is 1. The van der Waals surface area contributed by atoms with Crippen LogP contribution in [0.3, 0.4) is 0 Å². The molecule has 0 aliphatic heterocycles. The lowest BCUT2D eigenvalue weighted by molar-refractivity contribution is -0.147. The molecular formula is C18H14N2O5S. The standard InChI is InChI=1S/C18H14N2O5S/c21-15(20-17(23)14-7-4-8-24-14)10-25-16(22)9-13-11-26-18(19-13)12-5-2-1-3-6-12/h1-8,11H,9-10H2,(H,20,21,23). The van der Waals surface area contributed by atoms with Crippen molar-refractivity contribution in [1.29, 1.82) is 0 Å². The average molecular weight is 370 g/mol. The molecule has 8 heteroatoms. The van der Waals surface area contributed by atoms with Crippen molar-refractivity contribution in [3.8, 4) is 10.6 Å². The lowest BCUT2D eigenvalue weighted by Crippen LogP contribution is -2.34. The molecule has 2 amide bonds. The second-order valence-corrected chi connectivity index (χ2v) is 6.06. The fourth-order valence-corrected chi connectivity index (χ4v) is 2.90. The first kappa shape index (κ1) is 17.6. The number of imide groups is 1. The number of aromatic nitrogens is 1. The monoisotopic (exact) mass is 370 g/mol. The van der Waals surface area contributed by atoms with E-state index in [0.29, 0.717) is 5.69 Å². The zero-order chi connectivity index (χ0) is 18.4. The molecule has 132 valence electrons. The third-order valence-corrected chi connectivity index (χ3v) is 4.20. The molecule has 0 saturated heterocycles. The Morgan fingerprint density at radius 1 is 1.12 bits per heavy atom. The van der Waals surface area contributed by atoms with Gasteiger partial charge in [-0.3, -0.25) is 19.7 Å². The van der Waals surface area contributed by atoms with Crippen LogP contribution in [0.5, 0.6) is 0 Å². The van der Waals surface area contributed by atoms with Crippen molar-refractivity contribution in [2.75, 3.05) is 6.61 Å². The zero-order valence-electron chi connectivity index (χ0n) is 13.5. The quantitative estimate of drug-likeness (QED) is 0.669. The van der Waals surface area contributed by atoms with Gasteiger partial charge in [-0.15, -0.1) is 11.3 Å². The lowest BCUT2D eigenvalue weighted by atomic mass is 10.2. The van der Waals surface area contributed by atoms with Gasteiger partial charge in [-0.05, 0) is 12.1 Å². The predicted octanol–water partition coefficient (Wildman–Crippen LogP) is 2.45. The number of nitrogens with one attached hydrogen (secondary N) is 1. The molecule has 0 aliphatic carbocycles. The van der Waals surface area contributed by atoms with Crippen LogP contribution < -0.4 is 5.32 Å². The number of carbonyl (C=O) groups is 3. The largest absolute Gasteiger partial charge is 0.459 e. The fraction of sp³-hybridized carbons (Fsp3) is 0.111. The van der Waals surface area contributed by atoms with Gasteiger partial charge in [-0.2, -0.15) is 0 Å². The van der Waals surface area contributed by atoms with Crippen molar-refractivity contribution in [3.05, 3.63) is 65.6 Å². The number of rotatable bonds is 6. The van der Waals surface area contributed by atoms with E-state index in [1.54, 1.807) is 5.38 Å². The third kappa shape index (κ3) is 4.64. The molecule has 7 nitrogen and oxygen atoms in total. The van der Waals surface area contributed by atoms with Gasteiger partial charge >= 0.3 is 5.97 Å². The van der Waals surface area contributed by atoms with Crippen LogP contribution in [-0.2, 0) is 20.7 Å². The summed E-state index contributed by atoms with van der Waals surface area (Å²) in [6.07, 6.45) is 1.26. The molecule has 0 bridgehead atoms. The summed E-state index contributed by atoms with van der Waals surface area (Å²) in [4.78, 5) is 39.5. The van der Waals surface area contributed by atoms with Crippen molar-refractivity contribution in [2.24, 2.45) is 0 Å². The number of nitrogens with zero attached hydrogens (tertiary/aromatic N) is 1. The molecule has 3 rings (SSSR count). The molecular weight excluding hydrogens is 356 g/mol. The summed E-state index contributed by atoms with van der Waals surface area (Å²) in [6, 6.07) is 12.5. The van der Waals surface area contributed by atoms with Gasteiger partial charge in [0, 0.05) is 10.9 Å². The highest BCUT2D eigenvalue weighted by Gasteiger charge is 2.15. The van der Waals surface area contributed by atoms with E-state index in [1.807, 2.05) is 30.3 Å². The molecule has 0 radical (unpaired) electrons. The Balaban J connectivity index is 1.46. The molecule has 0 saturated carbocycles. The van der Waals surface area contributed by atoms with Gasteiger partial charge in [0.1, 0.15) is 5.01 Å². The highest BCUT2D eigenvalue weighted by atomic mass is 32.1. The van der Waals surface area contributed by atoms with Gasteiger partial charge in [0.15, 0.2) is 12.4 Å². The topological polar surface area (TPSA) is 98.5 Å². The van der Waals surface area contributed by atoms with Crippen LogP contribution in [0.25, 0.3) is 10.6 Å². The number of hydrogen-bond acceptors (Lipinski definition) is 7. The minimum Gasteiger partial charge on any atom is -0.459 e. The smallest absolute Gasteiger partial charge is 0.312 e. The number of furan rings is 1. The predicted molar refractivity (Wildman–Crippen MR) is 93.4 cm³/mol. The van der Waals surface area contributed by atoms with E-state index in [0.717, 1.165) is 10.6 Å². The van der Waals surface area contributed by atoms with Crippen LogP contribution in [-0.4, -0.2) is 29.4 Å². The molecule has 0 atom stereocenters. The number of benzene rings is 1. The molecule has 1 N–H and O–H groups in total. The maximum atomic E-state index is 11.8. The van der Waals surface area contributed by atoms with Crippen molar-refractivity contribution in [1.82, 2.24) is 10.3 Å². The number of carbonyl (C=O) groups excluding carboxylic acids is 3. The van der Waals surface area contributed by atoms with Gasteiger partial charge in [0.2, 0.25) is 0 Å². The molecule has 2 aromatic heterocycles. The molecule has 0 fully saturated rings. The third-order valence-electron chi connectivity index (χ3n) is 3.26. The van der Waals surface area contributed by atoms with Crippen LogP contribution in [0.15, 0.2) is 58.5 Å². The van der Waals surface area contributed by atoms with E-state index in [2.05, 4.69) is 10.3 Å². The van der Waals surface area contributed by atoms with E-state index < -0.39 is 24.4 Å². The number of thiazole rings is 1. The van der Waals surface area contributed by atoms with E-state index in [4.69, 9.17) is 9.15 Å². The first-order chi connectivity index (χ1) is 12.6. The minimum absolute atomic E-state index is 0.000547. The van der Waals surface area contributed by atoms with E-state index >= 15 is 0 Å². The van der Waals surface area contributed by atoms with E-state index in [1.165, 1.54) is 29.7 Å². The van der Waals surface area contributed by atoms with Crippen molar-refractivity contribution >= 4 is 29.1 Å². The Labute approximate surface area is 152 Å². The number of hydrogen-bond donors (Lipinski definition) is 1. The Hall–Kier alpha value is -3.26. The van der Waals surface area contributed by atoms with Gasteiger partial charge in [-0.25, -0.2) is 4.98 Å². The minimum atomic E-state index is -0.733. The Morgan fingerprint density at radius 2 is 1.92 bits per heavy atom. The van der Waals surface area contributed by atoms with Crippen molar-refractivity contribution in [2.45, 2.75) is 6.42 Å². The molecule has 0 unspecified atom stereocenters. The van der Waals surface area contributed by atoms with Gasteiger partial charge < -0.3 is 9.15 Å². The summed E-state index contributed by atoms with van der Waals surface area (Å²) in [6.45, 7) is -0.555. The van der Waals surface area contributed by atoms with Crippen molar-refractivity contribution in [3.63, 3.8) is 0 Å². The maximum absolute atomic E-state index is 11.8. The van der Waals surface area contributed by atoms with Crippen LogP contribution in [0.1, 0.15) is 16.2 Å². The Bertz CT molecular complexity index is 903. The van der Waals surface area contributed by atoms with Gasteiger partial charge in [0.25, 0.3) is 11.8 Å². The Kier molecular flexibility index (Phi) is 5.55. The maximum Gasteiger partial charge on any atom is 0.312 e. The van der Waals surface area contributed by atoms with Crippen LogP contribution in [0, 0.1) is 0 Å². The molecule has 26 heavy (non-hydrogen) atoms. The molecule has 0 aliphatic rings. The van der Waals surface area contributed by atoms with Gasteiger partial charge in [-0.1, -0.05) is 30.3 Å². The normalized spacial score (nSPS) is 10.3. The Morgan fingerprint density at radius 3 is 2.65 bits per heavy atom. The molecule has 1 aromatic carbocycles. The van der Waals surface area contributed by atoms with E-state index in [-0.39, 0.29) is 12.2 Å². The first-order valence-electron chi connectivity index (χ1n) is 7.65. The fourth-order valence-electron chi connectivity index (χ4n) is 2.08. The average Bonchev–Trinajstić information content (AvgIpc) is 3.33. The SMILES string of the molecule is O=C(COC(=O)Cc1csc(-c2ccccc2)n1)NC(=O)c1ccco1. The van der Waals surface area contributed by atoms with Crippen LogP contribution in [0.4, 0.5) is 0 Å². The zero-order valence-corrected chi connectivity index (χ0v) is 14.3. The molecule has 2 heterocycles. The highest BCUT2D eigenvalue weighted by Crippen LogP contribution is 2.23. The lowest BCUT2D eigenvalue weighted by Gasteiger charge is -2.04. The molecule has 0 spiro atoms. The highest BCUT2D eigenvalue weighted by molar-refractivity contribution is 7.13. The first-order valence-corrected chi connectivity index (χ1v) is 8.53. The second-order valence-electron chi connectivity index (χ2n) is 5.20. The summed E-state index contributed by atoms with van der Waals surface area (Å²) in [5, 5.41) is 4.63. The van der Waals surface area contributed by atoms with Crippen molar-refractivity contribution < 1.29 is 23.5 Å². The summed E-state index contributed by atoms with van der Waals surface area (Å²) in [7, 11) is 0. The van der Waals surface area contributed by atoms with Gasteiger partial charge in [0.05, 0.1) is 18.4 Å². The second kappa shape index (κ2) is 8.21. The summed E-state index contributed by atoms with van der Waals surface area (Å²) >= 11 is 1.42. The number of amides is 2.